The normalized spacial score (nSPS) is 11.5. The molecule has 0 radical (unpaired) electrons. The summed E-state index contributed by atoms with van der Waals surface area (Å²) in [7, 11) is 0. The fourth-order valence-corrected chi connectivity index (χ4v) is 1.91. The Morgan fingerprint density at radius 3 is 2.55 bits per heavy atom. The van der Waals surface area contributed by atoms with Gasteiger partial charge in [-0.15, -0.1) is 0 Å². The number of rotatable bonds is 6. The van der Waals surface area contributed by atoms with E-state index in [1.807, 2.05) is 26.0 Å². The molecule has 0 fully saturated rings. The van der Waals surface area contributed by atoms with E-state index in [2.05, 4.69) is 11.4 Å². The molecular formula is C15H21N3O2. The molecule has 0 spiro atoms. The highest BCUT2D eigenvalue weighted by atomic mass is 16.3. The van der Waals surface area contributed by atoms with E-state index in [1.54, 1.807) is 17.0 Å². The minimum Gasteiger partial charge on any atom is -0.395 e. The number of aliphatic hydroxyl groups excluding tert-OH is 1. The second-order valence-corrected chi connectivity index (χ2v) is 4.62. The summed E-state index contributed by atoms with van der Waals surface area (Å²) >= 11 is 0. The van der Waals surface area contributed by atoms with Crippen molar-refractivity contribution >= 4 is 6.03 Å². The maximum Gasteiger partial charge on any atom is 0.317 e. The molecule has 1 unspecified atom stereocenters. The van der Waals surface area contributed by atoms with Gasteiger partial charge in [-0.2, -0.15) is 5.26 Å². The van der Waals surface area contributed by atoms with Crippen LogP contribution in [0.5, 0.6) is 0 Å². The standard InChI is InChI=1S/C15H21N3O2/c1-3-8-18(9-10-19)15(20)17-12(2)14-6-4-13(11-16)5-7-14/h4-7,12,19H,3,8-10H2,1-2H3,(H,17,20). The lowest BCUT2D eigenvalue weighted by Gasteiger charge is -2.24. The average molecular weight is 275 g/mol. The van der Waals surface area contributed by atoms with Crippen LogP contribution in [-0.2, 0) is 0 Å². The topological polar surface area (TPSA) is 76.4 Å². The van der Waals surface area contributed by atoms with Crippen LogP contribution in [0.25, 0.3) is 0 Å². The van der Waals surface area contributed by atoms with Crippen LogP contribution in [0.1, 0.15) is 37.4 Å². The number of aliphatic hydroxyl groups is 1. The van der Waals surface area contributed by atoms with Crippen LogP contribution in [0.2, 0.25) is 0 Å². The molecule has 20 heavy (non-hydrogen) atoms. The molecule has 1 aromatic rings. The Bertz CT molecular complexity index is 459. The predicted molar refractivity (Wildman–Crippen MR) is 77.1 cm³/mol. The van der Waals surface area contributed by atoms with Crippen LogP contribution in [0, 0.1) is 11.3 Å². The van der Waals surface area contributed by atoms with Gasteiger partial charge in [0, 0.05) is 13.1 Å². The molecule has 0 heterocycles. The summed E-state index contributed by atoms with van der Waals surface area (Å²) in [5.41, 5.74) is 1.54. The third kappa shape index (κ3) is 4.56. The van der Waals surface area contributed by atoms with Gasteiger partial charge in [-0.3, -0.25) is 0 Å². The molecule has 0 aliphatic carbocycles. The van der Waals surface area contributed by atoms with E-state index in [0.29, 0.717) is 18.7 Å². The SMILES string of the molecule is CCCN(CCO)C(=O)NC(C)c1ccc(C#N)cc1. The zero-order valence-electron chi connectivity index (χ0n) is 12.0. The summed E-state index contributed by atoms with van der Waals surface area (Å²) in [6, 6.07) is 8.86. The van der Waals surface area contributed by atoms with Crippen molar-refractivity contribution in [1.29, 1.82) is 5.26 Å². The van der Waals surface area contributed by atoms with Gasteiger partial charge < -0.3 is 15.3 Å². The van der Waals surface area contributed by atoms with Crippen LogP contribution < -0.4 is 5.32 Å². The minimum absolute atomic E-state index is 0.0430. The summed E-state index contributed by atoms with van der Waals surface area (Å²) in [6.07, 6.45) is 0.846. The van der Waals surface area contributed by atoms with Gasteiger partial charge >= 0.3 is 6.03 Å². The molecule has 0 aliphatic rings. The lowest BCUT2D eigenvalue weighted by molar-refractivity contribution is 0.174. The van der Waals surface area contributed by atoms with E-state index < -0.39 is 0 Å². The fraction of sp³-hybridized carbons (Fsp3) is 0.467. The molecule has 2 N–H and O–H groups in total. The number of urea groups is 1. The molecule has 2 amide bonds. The Hall–Kier alpha value is -2.06. The molecule has 108 valence electrons. The molecule has 5 heteroatoms. The second kappa shape index (κ2) is 8.18. The van der Waals surface area contributed by atoms with Gasteiger partial charge in [0.1, 0.15) is 0 Å². The Morgan fingerprint density at radius 2 is 2.05 bits per heavy atom. The Balaban J connectivity index is 2.65. The summed E-state index contributed by atoms with van der Waals surface area (Å²) in [6.45, 7) is 4.79. The molecule has 0 aliphatic heterocycles. The summed E-state index contributed by atoms with van der Waals surface area (Å²) < 4.78 is 0. The third-order valence-corrected chi connectivity index (χ3v) is 3.03. The molecular weight excluding hydrogens is 254 g/mol. The molecule has 0 saturated carbocycles. The highest BCUT2D eigenvalue weighted by Crippen LogP contribution is 2.13. The molecule has 1 atom stereocenters. The highest BCUT2D eigenvalue weighted by molar-refractivity contribution is 5.74. The van der Waals surface area contributed by atoms with E-state index in [9.17, 15) is 4.79 Å². The maximum absolute atomic E-state index is 12.1. The number of hydrogen-bond acceptors (Lipinski definition) is 3. The van der Waals surface area contributed by atoms with Crippen molar-refractivity contribution in [3.8, 4) is 6.07 Å². The minimum atomic E-state index is -0.183. The van der Waals surface area contributed by atoms with Crippen molar-refractivity contribution in [2.24, 2.45) is 0 Å². The van der Waals surface area contributed by atoms with Gasteiger partial charge in [-0.1, -0.05) is 19.1 Å². The van der Waals surface area contributed by atoms with Gasteiger partial charge in [0.2, 0.25) is 0 Å². The molecule has 5 nitrogen and oxygen atoms in total. The van der Waals surface area contributed by atoms with Gasteiger partial charge in [-0.05, 0) is 31.0 Å². The first-order chi connectivity index (χ1) is 9.62. The molecule has 0 saturated heterocycles. The molecule has 0 aromatic heterocycles. The third-order valence-electron chi connectivity index (χ3n) is 3.03. The Morgan fingerprint density at radius 1 is 1.40 bits per heavy atom. The van der Waals surface area contributed by atoms with Crippen LogP contribution in [0.3, 0.4) is 0 Å². The summed E-state index contributed by atoms with van der Waals surface area (Å²) in [4.78, 5) is 13.7. The number of nitrogens with zero attached hydrogens (tertiary/aromatic N) is 2. The molecule has 1 aromatic carbocycles. The van der Waals surface area contributed by atoms with Crippen LogP contribution >= 0.6 is 0 Å². The number of amides is 2. The van der Waals surface area contributed by atoms with Crippen LogP contribution in [-0.4, -0.2) is 35.7 Å². The first-order valence-electron chi connectivity index (χ1n) is 6.78. The average Bonchev–Trinajstić information content (AvgIpc) is 2.47. The van der Waals surface area contributed by atoms with Crippen molar-refractivity contribution in [2.45, 2.75) is 26.3 Å². The second-order valence-electron chi connectivity index (χ2n) is 4.62. The van der Waals surface area contributed by atoms with Crippen molar-refractivity contribution < 1.29 is 9.90 Å². The number of nitrogens with one attached hydrogen (secondary N) is 1. The van der Waals surface area contributed by atoms with E-state index in [1.165, 1.54) is 0 Å². The van der Waals surface area contributed by atoms with E-state index in [0.717, 1.165) is 12.0 Å². The zero-order chi connectivity index (χ0) is 15.0. The summed E-state index contributed by atoms with van der Waals surface area (Å²) in [5.74, 6) is 0. The van der Waals surface area contributed by atoms with E-state index in [4.69, 9.17) is 10.4 Å². The first kappa shape index (κ1) is 16.0. The molecule has 0 bridgehead atoms. The quantitative estimate of drug-likeness (QED) is 0.834. The van der Waals surface area contributed by atoms with Gasteiger partial charge in [0.05, 0.1) is 24.3 Å². The van der Waals surface area contributed by atoms with Gasteiger partial charge in [0.25, 0.3) is 0 Å². The lowest BCUT2D eigenvalue weighted by Crippen LogP contribution is -2.42. The van der Waals surface area contributed by atoms with Crippen molar-refractivity contribution in [3.05, 3.63) is 35.4 Å². The number of benzene rings is 1. The number of hydrogen-bond donors (Lipinski definition) is 2. The summed E-state index contributed by atoms with van der Waals surface area (Å²) in [5, 5.41) is 20.6. The number of carbonyl (C=O) groups excluding carboxylic acids is 1. The van der Waals surface area contributed by atoms with Gasteiger partial charge in [-0.25, -0.2) is 4.79 Å². The monoisotopic (exact) mass is 275 g/mol. The fourth-order valence-electron chi connectivity index (χ4n) is 1.91. The largest absolute Gasteiger partial charge is 0.395 e. The van der Waals surface area contributed by atoms with Crippen molar-refractivity contribution in [2.75, 3.05) is 19.7 Å². The Labute approximate surface area is 119 Å². The highest BCUT2D eigenvalue weighted by Gasteiger charge is 2.15. The smallest absolute Gasteiger partial charge is 0.317 e. The molecule has 1 rings (SSSR count). The number of carbonyl (C=O) groups is 1. The number of nitriles is 1. The van der Waals surface area contributed by atoms with Crippen molar-refractivity contribution in [1.82, 2.24) is 10.2 Å². The first-order valence-corrected chi connectivity index (χ1v) is 6.78. The lowest BCUT2D eigenvalue weighted by atomic mass is 10.1. The zero-order valence-corrected chi connectivity index (χ0v) is 12.0. The van der Waals surface area contributed by atoms with Crippen LogP contribution in [0.4, 0.5) is 4.79 Å². The Kier molecular flexibility index (Phi) is 6.54. The van der Waals surface area contributed by atoms with E-state index >= 15 is 0 Å². The van der Waals surface area contributed by atoms with E-state index in [-0.39, 0.29) is 18.7 Å². The van der Waals surface area contributed by atoms with Crippen molar-refractivity contribution in [3.63, 3.8) is 0 Å². The van der Waals surface area contributed by atoms with Crippen LogP contribution in [0.15, 0.2) is 24.3 Å². The van der Waals surface area contributed by atoms with Gasteiger partial charge in [0.15, 0.2) is 0 Å². The maximum atomic E-state index is 12.1. The predicted octanol–water partition coefficient (Wildman–Crippen LogP) is 2.03.